The molecule has 0 aromatic rings. The van der Waals surface area contributed by atoms with Crippen molar-refractivity contribution in [3.63, 3.8) is 0 Å². The van der Waals surface area contributed by atoms with E-state index < -0.39 is 30.7 Å². The first-order valence-electron chi connectivity index (χ1n) is 5.68. The zero-order valence-electron chi connectivity index (χ0n) is 9.93. The molecule has 2 amide bonds. The largest absolute Gasteiger partial charge is 0.405 e. The number of carbonyl (C=O) groups excluding carboxylic acids is 2. The Bertz CT molecular complexity index is 320. The van der Waals surface area contributed by atoms with Gasteiger partial charge in [0.25, 0.3) is 0 Å². The lowest BCUT2D eigenvalue weighted by Gasteiger charge is -2.25. The summed E-state index contributed by atoms with van der Waals surface area (Å²) >= 11 is 0. The van der Waals surface area contributed by atoms with Crippen LogP contribution in [0.15, 0.2) is 0 Å². The van der Waals surface area contributed by atoms with Gasteiger partial charge in [-0.15, -0.1) is 0 Å². The van der Waals surface area contributed by atoms with Gasteiger partial charge in [-0.2, -0.15) is 13.2 Å². The van der Waals surface area contributed by atoms with E-state index in [0.29, 0.717) is 13.0 Å². The Morgan fingerprint density at radius 2 is 2.22 bits per heavy atom. The van der Waals surface area contributed by atoms with Crippen LogP contribution in [-0.2, 0) is 9.59 Å². The summed E-state index contributed by atoms with van der Waals surface area (Å²) in [4.78, 5) is 22.7. The maximum Gasteiger partial charge on any atom is 0.405 e. The number of carbonyl (C=O) groups is 2. The van der Waals surface area contributed by atoms with Crippen LogP contribution in [0.1, 0.15) is 19.8 Å². The second-order valence-corrected chi connectivity index (χ2v) is 4.21. The van der Waals surface area contributed by atoms with E-state index in [0.717, 1.165) is 6.42 Å². The van der Waals surface area contributed by atoms with Crippen LogP contribution in [0.25, 0.3) is 0 Å². The van der Waals surface area contributed by atoms with Crippen molar-refractivity contribution in [1.82, 2.24) is 16.0 Å². The molecule has 1 rings (SSSR count). The van der Waals surface area contributed by atoms with Crippen molar-refractivity contribution in [2.75, 3.05) is 13.1 Å². The molecule has 1 aliphatic heterocycles. The van der Waals surface area contributed by atoms with Crippen molar-refractivity contribution in [3.8, 4) is 0 Å². The molecule has 0 saturated carbocycles. The van der Waals surface area contributed by atoms with Crippen molar-refractivity contribution in [2.45, 2.75) is 38.0 Å². The molecule has 3 N–H and O–H groups in total. The van der Waals surface area contributed by atoms with Gasteiger partial charge in [0.1, 0.15) is 6.54 Å². The Labute approximate surface area is 102 Å². The third-order valence-corrected chi connectivity index (χ3v) is 2.59. The number of piperidine rings is 1. The standard InChI is InChI=1S/C10H16F3N3O2/c1-6(8(17)15-5-10(11,12)13)16-7-3-2-4-14-9(7)18/h6-7,16H,2-5H2,1H3,(H,14,18)(H,15,17). The molecule has 0 aromatic heterocycles. The second-order valence-electron chi connectivity index (χ2n) is 4.21. The number of halogens is 3. The zero-order valence-corrected chi connectivity index (χ0v) is 9.93. The van der Waals surface area contributed by atoms with Crippen LogP contribution in [0, 0.1) is 0 Å². The molecule has 5 nitrogen and oxygen atoms in total. The van der Waals surface area contributed by atoms with Crippen molar-refractivity contribution in [3.05, 3.63) is 0 Å². The summed E-state index contributed by atoms with van der Waals surface area (Å²) in [5.74, 6) is -0.998. The monoisotopic (exact) mass is 267 g/mol. The molecule has 0 aromatic carbocycles. The molecule has 104 valence electrons. The molecule has 1 fully saturated rings. The highest BCUT2D eigenvalue weighted by Gasteiger charge is 2.30. The highest BCUT2D eigenvalue weighted by molar-refractivity contribution is 5.85. The summed E-state index contributed by atoms with van der Waals surface area (Å²) < 4.78 is 35.7. The van der Waals surface area contributed by atoms with Crippen LogP contribution in [0.4, 0.5) is 13.2 Å². The van der Waals surface area contributed by atoms with Gasteiger partial charge in [-0.1, -0.05) is 0 Å². The van der Waals surface area contributed by atoms with Gasteiger partial charge < -0.3 is 10.6 Å². The third-order valence-electron chi connectivity index (χ3n) is 2.59. The van der Waals surface area contributed by atoms with E-state index in [9.17, 15) is 22.8 Å². The maximum atomic E-state index is 11.9. The van der Waals surface area contributed by atoms with Gasteiger partial charge in [-0.05, 0) is 19.8 Å². The molecule has 8 heteroatoms. The summed E-state index contributed by atoms with van der Waals surface area (Å²) in [5, 5.41) is 7.10. The van der Waals surface area contributed by atoms with E-state index in [-0.39, 0.29) is 5.91 Å². The van der Waals surface area contributed by atoms with Crippen LogP contribution < -0.4 is 16.0 Å². The number of hydrogen-bond donors (Lipinski definition) is 3. The Morgan fingerprint density at radius 3 is 2.78 bits per heavy atom. The zero-order chi connectivity index (χ0) is 13.8. The fourth-order valence-corrected chi connectivity index (χ4v) is 1.65. The van der Waals surface area contributed by atoms with Gasteiger partial charge in [-0.25, -0.2) is 0 Å². The highest BCUT2D eigenvalue weighted by atomic mass is 19.4. The lowest BCUT2D eigenvalue weighted by molar-refractivity contribution is -0.139. The summed E-state index contributed by atoms with van der Waals surface area (Å²) in [6.07, 6.45) is -3.08. The van der Waals surface area contributed by atoms with Crippen molar-refractivity contribution >= 4 is 11.8 Å². The van der Waals surface area contributed by atoms with E-state index in [2.05, 4.69) is 10.6 Å². The summed E-state index contributed by atoms with van der Waals surface area (Å²) in [6.45, 7) is 0.647. The molecular weight excluding hydrogens is 251 g/mol. The lowest BCUT2D eigenvalue weighted by atomic mass is 10.1. The normalized spacial score (nSPS) is 22.2. The average molecular weight is 267 g/mol. The van der Waals surface area contributed by atoms with E-state index in [1.165, 1.54) is 6.92 Å². The van der Waals surface area contributed by atoms with Gasteiger partial charge in [0.05, 0.1) is 12.1 Å². The Kier molecular flexibility index (Phi) is 4.94. The van der Waals surface area contributed by atoms with Crippen LogP contribution in [0.3, 0.4) is 0 Å². The third kappa shape index (κ3) is 4.91. The van der Waals surface area contributed by atoms with E-state index in [1.54, 1.807) is 5.32 Å². The SMILES string of the molecule is CC(NC1CCCNC1=O)C(=O)NCC(F)(F)F. The number of alkyl halides is 3. The molecule has 0 aliphatic carbocycles. The van der Waals surface area contributed by atoms with Gasteiger partial charge in [0, 0.05) is 6.54 Å². The molecule has 1 saturated heterocycles. The molecule has 2 unspecified atom stereocenters. The quantitative estimate of drug-likeness (QED) is 0.667. The predicted octanol–water partition coefficient (Wildman–Crippen LogP) is -0.0784. The van der Waals surface area contributed by atoms with Crippen molar-refractivity contribution < 1.29 is 22.8 Å². The number of hydrogen-bond acceptors (Lipinski definition) is 3. The Hall–Kier alpha value is -1.31. The summed E-state index contributed by atoms with van der Waals surface area (Å²) in [7, 11) is 0. The van der Waals surface area contributed by atoms with Gasteiger partial charge in [0.15, 0.2) is 0 Å². The molecule has 1 aliphatic rings. The molecule has 0 bridgehead atoms. The number of nitrogens with one attached hydrogen (secondary N) is 3. The highest BCUT2D eigenvalue weighted by Crippen LogP contribution is 2.12. The van der Waals surface area contributed by atoms with Gasteiger partial charge >= 0.3 is 6.18 Å². The first-order chi connectivity index (χ1) is 8.29. The van der Waals surface area contributed by atoms with E-state index in [4.69, 9.17) is 0 Å². The van der Waals surface area contributed by atoms with Gasteiger partial charge in [-0.3, -0.25) is 14.9 Å². The van der Waals surface area contributed by atoms with Crippen molar-refractivity contribution in [1.29, 1.82) is 0 Å². The Balaban J connectivity index is 2.37. The Morgan fingerprint density at radius 1 is 1.56 bits per heavy atom. The number of amides is 2. The topological polar surface area (TPSA) is 70.2 Å². The number of rotatable bonds is 4. The average Bonchev–Trinajstić information content (AvgIpc) is 2.28. The second kappa shape index (κ2) is 6.03. The van der Waals surface area contributed by atoms with Crippen molar-refractivity contribution in [2.24, 2.45) is 0 Å². The lowest BCUT2D eigenvalue weighted by Crippen LogP contribution is -2.55. The maximum absolute atomic E-state index is 11.9. The molecule has 0 spiro atoms. The van der Waals surface area contributed by atoms with Crippen LogP contribution in [-0.4, -0.2) is 43.2 Å². The first kappa shape index (κ1) is 14.7. The molecular formula is C10H16F3N3O2. The first-order valence-corrected chi connectivity index (χ1v) is 5.68. The minimum absolute atomic E-state index is 0.225. The smallest absolute Gasteiger partial charge is 0.355 e. The van der Waals surface area contributed by atoms with Gasteiger partial charge in [0.2, 0.25) is 11.8 Å². The summed E-state index contributed by atoms with van der Waals surface area (Å²) in [5.41, 5.74) is 0. The molecule has 2 atom stereocenters. The molecule has 18 heavy (non-hydrogen) atoms. The van der Waals surface area contributed by atoms with E-state index >= 15 is 0 Å². The predicted molar refractivity (Wildman–Crippen MR) is 57.7 cm³/mol. The van der Waals surface area contributed by atoms with E-state index in [1.807, 2.05) is 0 Å². The van der Waals surface area contributed by atoms with Crippen LogP contribution >= 0.6 is 0 Å². The fourth-order valence-electron chi connectivity index (χ4n) is 1.65. The molecule has 0 radical (unpaired) electrons. The van der Waals surface area contributed by atoms with Crippen LogP contribution in [0.5, 0.6) is 0 Å². The minimum atomic E-state index is -4.43. The summed E-state index contributed by atoms with van der Waals surface area (Å²) in [6, 6.07) is -1.37. The van der Waals surface area contributed by atoms with Crippen LogP contribution in [0.2, 0.25) is 0 Å². The molecule has 1 heterocycles. The fraction of sp³-hybridized carbons (Fsp3) is 0.800. The minimum Gasteiger partial charge on any atom is -0.355 e.